The highest BCUT2D eigenvalue weighted by atomic mass is 35.5. The molecule has 0 atom stereocenters. The van der Waals surface area contributed by atoms with Crippen molar-refractivity contribution in [2.75, 3.05) is 13.2 Å². The Balaban J connectivity index is 2.98. The summed E-state index contributed by atoms with van der Waals surface area (Å²) in [6, 6.07) is 4.30. The molecular weight excluding hydrogens is 257 g/mol. The fraction of sp³-hybridized carbons (Fsp3) is 0.462. The van der Waals surface area contributed by atoms with Gasteiger partial charge in [-0.2, -0.15) is 0 Å². The van der Waals surface area contributed by atoms with Crippen LogP contribution in [-0.2, 0) is 0 Å². The number of benzene rings is 1. The van der Waals surface area contributed by atoms with Crippen molar-refractivity contribution < 1.29 is 14.3 Å². The summed E-state index contributed by atoms with van der Waals surface area (Å²) in [4.78, 5) is 13.7. The van der Waals surface area contributed by atoms with Gasteiger partial charge in [0.25, 0.3) is 5.91 Å². The van der Waals surface area contributed by atoms with Gasteiger partial charge in [-0.3, -0.25) is 4.79 Å². The second-order valence-electron chi connectivity index (χ2n) is 4.27. The molecular formula is C13H17ClFNO2. The lowest BCUT2D eigenvalue weighted by Gasteiger charge is -2.26. The molecule has 1 aromatic rings. The fourth-order valence-corrected chi connectivity index (χ4v) is 1.83. The second-order valence-corrected chi connectivity index (χ2v) is 4.68. The maximum Gasteiger partial charge on any atom is 0.257 e. The standard InChI is InChI=1S/C13H17ClFNO2/c1-9(2)16(7-4-8-17)13(18)10-5-3-6-11(14)12(10)15/h3,5-6,9,17H,4,7-8H2,1-2H3. The van der Waals surface area contributed by atoms with Crippen molar-refractivity contribution >= 4 is 17.5 Å². The van der Waals surface area contributed by atoms with E-state index >= 15 is 0 Å². The van der Waals surface area contributed by atoms with E-state index < -0.39 is 11.7 Å². The molecule has 0 spiro atoms. The molecule has 0 bridgehead atoms. The van der Waals surface area contributed by atoms with E-state index in [1.807, 2.05) is 13.8 Å². The topological polar surface area (TPSA) is 40.5 Å². The predicted octanol–water partition coefficient (Wildman–Crippen LogP) is 2.71. The minimum Gasteiger partial charge on any atom is -0.396 e. The zero-order valence-corrected chi connectivity index (χ0v) is 11.2. The minimum absolute atomic E-state index is 0.00543. The summed E-state index contributed by atoms with van der Waals surface area (Å²) < 4.78 is 13.8. The van der Waals surface area contributed by atoms with E-state index in [-0.39, 0.29) is 23.2 Å². The van der Waals surface area contributed by atoms with E-state index in [9.17, 15) is 9.18 Å². The molecule has 0 radical (unpaired) electrons. The fourth-order valence-electron chi connectivity index (χ4n) is 1.66. The third kappa shape index (κ3) is 3.43. The molecule has 0 aliphatic carbocycles. The van der Waals surface area contributed by atoms with Gasteiger partial charge in [0.15, 0.2) is 5.82 Å². The lowest BCUT2D eigenvalue weighted by Crippen LogP contribution is -2.38. The van der Waals surface area contributed by atoms with Crippen molar-refractivity contribution in [3.8, 4) is 0 Å². The Morgan fingerprint density at radius 1 is 1.50 bits per heavy atom. The largest absolute Gasteiger partial charge is 0.396 e. The quantitative estimate of drug-likeness (QED) is 0.896. The maximum atomic E-state index is 13.8. The van der Waals surface area contributed by atoms with Gasteiger partial charge in [-0.25, -0.2) is 4.39 Å². The SMILES string of the molecule is CC(C)N(CCCO)C(=O)c1cccc(Cl)c1F. The number of hydrogen-bond donors (Lipinski definition) is 1. The minimum atomic E-state index is -0.696. The Morgan fingerprint density at radius 3 is 2.72 bits per heavy atom. The molecule has 1 aromatic carbocycles. The average Bonchev–Trinajstić information content (AvgIpc) is 2.32. The number of aliphatic hydroxyl groups is 1. The van der Waals surface area contributed by atoms with Gasteiger partial charge in [0.05, 0.1) is 10.6 Å². The number of hydrogen-bond acceptors (Lipinski definition) is 2. The van der Waals surface area contributed by atoms with Crippen LogP contribution in [0.1, 0.15) is 30.6 Å². The number of amides is 1. The van der Waals surface area contributed by atoms with Gasteiger partial charge in [0, 0.05) is 19.2 Å². The van der Waals surface area contributed by atoms with Crippen LogP contribution in [0.3, 0.4) is 0 Å². The zero-order valence-electron chi connectivity index (χ0n) is 10.5. The molecule has 0 aromatic heterocycles. The molecule has 0 saturated carbocycles. The molecule has 0 aliphatic rings. The Kier molecular flexibility index (Phi) is 5.56. The van der Waals surface area contributed by atoms with Gasteiger partial charge >= 0.3 is 0 Å². The summed E-state index contributed by atoms with van der Waals surface area (Å²) >= 11 is 5.66. The number of carbonyl (C=O) groups excluding carboxylic acids is 1. The highest BCUT2D eigenvalue weighted by Gasteiger charge is 2.22. The highest BCUT2D eigenvalue weighted by Crippen LogP contribution is 2.20. The van der Waals surface area contributed by atoms with Crippen LogP contribution in [0.25, 0.3) is 0 Å². The van der Waals surface area contributed by atoms with Crippen LogP contribution in [0.15, 0.2) is 18.2 Å². The zero-order chi connectivity index (χ0) is 13.7. The molecule has 18 heavy (non-hydrogen) atoms. The maximum absolute atomic E-state index is 13.8. The molecule has 0 aliphatic heterocycles. The van der Waals surface area contributed by atoms with Crippen molar-refractivity contribution in [3.63, 3.8) is 0 Å². The van der Waals surface area contributed by atoms with E-state index in [1.54, 1.807) is 6.07 Å². The van der Waals surface area contributed by atoms with Gasteiger partial charge < -0.3 is 10.0 Å². The Hall–Kier alpha value is -1.13. The van der Waals surface area contributed by atoms with Gasteiger partial charge in [0.2, 0.25) is 0 Å². The van der Waals surface area contributed by atoms with Crippen molar-refractivity contribution in [1.29, 1.82) is 0 Å². The lowest BCUT2D eigenvalue weighted by atomic mass is 10.1. The summed E-state index contributed by atoms with van der Waals surface area (Å²) in [7, 11) is 0. The van der Waals surface area contributed by atoms with E-state index in [0.29, 0.717) is 13.0 Å². The number of aliphatic hydroxyl groups excluding tert-OH is 1. The number of halogens is 2. The Labute approximate surface area is 111 Å². The van der Waals surface area contributed by atoms with Crippen molar-refractivity contribution in [2.24, 2.45) is 0 Å². The van der Waals surface area contributed by atoms with E-state index in [2.05, 4.69) is 0 Å². The van der Waals surface area contributed by atoms with Crippen LogP contribution >= 0.6 is 11.6 Å². The molecule has 0 heterocycles. The molecule has 3 nitrogen and oxygen atoms in total. The van der Waals surface area contributed by atoms with Crippen LogP contribution in [0.2, 0.25) is 5.02 Å². The summed E-state index contributed by atoms with van der Waals surface area (Å²) in [5, 5.41) is 8.75. The van der Waals surface area contributed by atoms with E-state index in [4.69, 9.17) is 16.7 Å². The first-order valence-corrected chi connectivity index (χ1v) is 6.22. The van der Waals surface area contributed by atoms with Crippen LogP contribution in [0, 0.1) is 5.82 Å². The summed E-state index contributed by atoms with van der Waals surface area (Å²) in [6.45, 7) is 4.07. The summed E-state index contributed by atoms with van der Waals surface area (Å²) in [6.07, 6.45) is 0.464. The molecule has 1 N–H and O–H groups in total. The first kappa shape index (κ1) is 14.9. The van der Waals surface area contributed by atoms with E-state index in [0.717, 1.165) is 0 Å². The Bertz CT molecular complexity index is 423. The van der Waals surface area contributed by atoms with Gasteiger partial charge in [-0.1, -0.05) is 17.7 Å². The average molecular weight is 274 g/mol. The molecule has 1 rings (SSSR count). The molecule has 0 fully saturated rings. The van der Waals surface area contributed by atoms with Crippen LogP contribution < -0.4 is 0 Å². The van der Waals surface area contributed by atoms with E-state index in [1.165, 1.54) is 17.0 Å². The first-order chi connectivity index (χ1) is 8.49. The predicted molar refractivity (Wildman–Crippen MR) is 69.3 cm³/mol. The van der Waals surface area contributed by atoms with Crippen LogP contribution in [0.5, 0.6) is 0 Å². The van der Waals surface area contributed by atoms with Crippen LogP contribution in [0.4, 0.5) is 4.39 Å². The molecule has 1 amide bonds. The van der Waals surface area contributed by atoms with Crippen molar-refractivity contribution in [3.05, 3.63) is 34.6 Å². The summed E-state index contributed by atoms with van der Waals surface area (Å²) in [5.74, 6) is -1.10. The molecule has 0 saturated heterocycles. The van der Waals surface area contributed by atoms with Gasteiger partial charge in [0.1, 0.15) is 0 Å². The molecule has 5 heteroatoms. The highest BCUT2D eigenvalue weighted by molar-refractivity contribution is 6.31. The Morgan fingerprint density at radius 2 is 2.17 bits per heavy atom. The molecule has 0 unspecified atom stereocenters. The number of nitrogens with zero attached hydrogens (tertiary/aromatic N) is 1. The summed E-state index contributed by atoms with van der Waals surface area (Å²) in [5.41, 5.74) is -0.0332. The molecule has 100 valence electrons. The normalized spacial score (nSPS) is 10.8. The monoisotopic (exact) mass is 273 g/mol. The first-order valence-electron chi connectivity index (χ1n) is 5.85. The van der Waals surface area contributed by atoms with Crippen LogP contribution in [-0.4, -0.2) is 35.1 Å². The number of carbonyl (C=O) groups is 1. The third-order valence-corrected chi connectivity index (χ3v) is 2.92. The number of rotatable bonds is 5. The van der Waals surface area contributed by atoms with Gasteiger partial charge in [-0.15, -0.1) is 0 Å². The van der Waals surface area contributed by atoms with Gasteiger partial charge in [-0.05, 0) is 32.4 Å². The smallest absolute Gasteiger partial charge is 0.257 e. The second kappa shape index (κ2) is 6.71. The lowest BCUT2D eigenvalue weighted by molar-refractivity contribution is 0.0688. The third-order valence-electron chi connectivity index (χ3n) is 2.62. The van der Waals surface area contributed by atoms with Crippen molar-refractivity contribution in [1.82, 2.24) is 4.90 Å². The van der Waals surface area contributed by atoms with Crippen molar-refractivity contribution in [2.45, 2.75) is 26.3 Å².